The van der Waals surface area contributed by atoms with Gasteiger partial charge < -0.3 is 9.64 Å². The molecule has 5 nitrogen and oxygen atoms in total. The van der Waals surface area contributed by atoms with Crippen molar-refractivity contribution >= 4 is 17.5 Å². The Kier molecular flexibility index (Phi) is 4.80. The van der Waals surface area contributed by atoms with Crippen molar-refractivity contribution in [2.75, 3.05) is 7.11 Å². The summed E-state index contributed by atoms with van der Waals surface area (Å²) in [6.45, 7) is 4.86. The highest BCUT2D eigenvalue weighted by atomic mass is 16.5. The lowest BCUT2D eigenvalue weighted by Crippen LogP contribution is -2.64. The van der Waals surface area contributed by atoms with Crippen molar-refractivity contribution in [2.45, 2.75) is 71.4 Å². The lowest BCUT2D eigenvalue weighted by Gasteiger charge is -2.60. The second kappa shape index (κ2) is 7.18. The minimum Gasteiger partial charge on any atom is -0.497 e. The number of carbonyl (C=O) groups is 3. The van der Waals surface area contributed by atoms with Crippen molar-refractivity contribution < 1.29 is 19.1 Å². The van der Waals surface area contributed by atoms with E-state index >= 15 is 0 Å². The SMILES string of the molecule is COc1ccc(CN2C(=O)CC[C@]3(C)C4C(=O)CC5(C)C(=O)CC[C@H]5C4CCC23)cc1. The van der Waals surface area contributed by atoms with Gasteiger partial charge in [0, 0.05) is 43.2 Å². The van der Waals surface area contributed by atoms with Gasteiger partial charge in [-0.05, 0) is 60.6 Å². The normalized spacial score (nSPS) is 39.7. The monoisotopic (exact) mass is 423 g/mol. The van der Waals surface area contributed by atoms with Crippen LogP contribution >= 0.6 is 0 Å². The maximum absolute atomic E-state index is 13.5. The number of likely N-dealkylation sites (tertiary alicyclic amines) is 1. The summed E-state index contributed by atoms with van der Waals surface area (Å²) in [7, 11) is 1.65. The number of piperidine rings is 1. The number of fused-ring (bicyclic) bond motifs is 5. The molecule has 0 spiro atoms. The van der Waals surface area contributed by atoms with E-state index in [2.05, 4.69) is 6.92 Å². The van der Waals surface area contributed by atoms with Crippen molar-refractivity contribution in [3.05, 3.63) is 29.8 Å². The summed E-state index contributed by atoms with van der Waals surface area (Å²) in [5.41, 5.74) is 0.437. The summed E-state index contributed by atoms with van der Waals surface area (Å²) >= 11 is 0. The van der Waals surface area contributed by atoms with Crippen LogP contribution in [0.25, 0.3) is 0 Å². The maximum Gasteiger partial charge on any atom is 0.223 e. The van der Waals surface area contributed by atoms with Crippen molar-refractivity contribution in [3.63, 3.8) is 0 Å². The van der Waals surface area contributed by atoms with E-state index in [0.717, 1.165) is 37.0 Å². The predicted molar refractivity (Wildman–Crippen MR) is 116 cm³/mol. The second-order valence-corrected chi connectivity index (χ2v) is 10.7. The van der Waals surface area contributed by atoms with Crippen LogP contribution < -0.4 is 4.74 Å². The molecule has 4 aliphatic rings. The minimum atomic E-state index is -0.450. The zero-order chi connectivity index (χ0) is 22.0. The molecule has 0 radical (unpaired) electrons. The molecule has 166 valence electrons. The molecule has 1 aliphatic heterocycles. The van der Waals surface area contributed by atoms with Gasteiger partial charge in [0.25, 0.3) is 0 Å². The van der Waals surface area contributed by atoms with Gasteiger partial charge in [-0.1, -0.05) is 26.0 Å². The minimum absolute atomic E-state index is 0.0262. The van der Waals surface area contributed by atoms with Crippen molar-refractivity contribution in [3.8, 4) is 5.75 Å². The standard InChI is InChI=1S/C26H33NO4/c1-25-13-12-23(30)27(15-16-4-6-17(31-3)7-5-16)21(25)10-8-18-19-9-11-22(29)26(19,2)14-20(28)24(18)25/h4-7,18-19,21,24H,8-15H2,1-3H3/t18?,19-,21?,24?,25-,26?/m0/s1. The van der Waals surface area contributed by atoms with Gasteiger partial charge >= 0.3 is 0 Å². The van der Waals surface area contributed by atoms with Crippen molar-refractivity contribution in [2.24, 2.45) is 28.6 Å². The average molecular weight is 424 g/mol. The molecule has 1 saturated heterocycles. The molecule has 31 heavy (non-hydrogen) atoms. The molecule has 0 aromatic heterocycles. The number of Topliss-reactive ketones (excluding diaryl/α,β-unsaturated/α-hetero) is 2. The number of ketones is 2. The van der Waals surface area contributed by atoms with E-state index < -0.39 is 5.41 Å². The molecular formula is C26H33NO4. The quantitative estimate of drug-likeness (QED) is 0.732. The molecule has 3 saturated carbocycles. The van der Waals surface area contributed by atoms with Gasteiger partial charge in [0.1, 0.15) is 17.3 Å². The first-order valence-corrected chi connectivity index (χ1v) is 11.8. The average Bonchev–Trinajstić information content (AvgIpc) is 3.04. The Bertz CT molecular complexity index is 924. The summed E-state index contributed by atoms with van der Waals surface area (Å²) in [6, 6.07) is 7.99. The van der Waals surface area contributed by atoms with Crippen LogP contribution in [0.4, 0.5) is 0 Å². The van der Waals surface area contributed by atoms with Crippen LogP contribution in [-0.4, -0.2) is 35.5 Å². The molecular weight excluding hydrogens is 390 g/mol. The topological polar surface area (TPSA) is 63.7 Å². The van der Waals surface area contributed by atoms with Crippen LogP contribution in [0.2, 0.25) is 0 Å². The fraction of sp³-hybridized carbons (Fsp3) is 0.654. The number of carbonyl (C=O) groups excluding carboxylic acids is 3. The first-order chi connectivity index (χ1) is 14.8. The summed E-state index contributed by atoms with van der Waals surface area (Å²) in [6.07, 6.45) is 5.09. The van der Waals surface area contributed by atoms with Gasteiger partial charge in [-0.2, -0.15) is 0 Å². The highest BCUT2D eigenvalue weighted by molar-refractivity contribution is 5.95. The molecule has 0 N–H and O–H groups in total. The van der Waals surface area contributed by atoms with E-state index in [0.29, 0.717) is 31.7 Å². The number of rotatable bonds is 3. The Labute approximate surface area is 184 Å². The second-order valence-electron chi connectivity index (χ2n) is 10.7. The lowest BCUT2D eigenvalue weighted by atomic mass is 9.47. The summed E-state index contributed by atoms with van der Waals surface area (Å²) in [5, 5.41) is 0. The van der Waals surface area contributed by atoms with Crippen LogP contribution in [0.3, 0.4) is 0 Å². The zero-order valence-corrected chi connectivity index (χ0v) is 18.9. The van der Waals surface area contributed by atoms with E-state index in [1.807, 2.05) is 36.1 Å². The van der Waals surface area contributed by atoms with Crippen LogP contribution in [-0.2, 0) is 20.9 Å². The number of hydrogen-bond acceptors (Lipinski definition) is 4. The number of hydrogen-bond donors (Lipinski definition) is 0. The van der Waals surface area contributed by atoms with E-state index in [-0.39, 0.29) is 40.8 Å². The highest BCUT2D eigenvalue weighted by Crippen LogP contribution is 2.62. The fourth-order valence-electron chi connectivity index (χ4n) is 7.72. The van der Waals surface area contributed by atoms with E-state index in [1.54, 1.807) is 7.11 Å². The van der Waals surface area contributed by atoms with E-state index in [9.17, 15) is 14.4 Å². The van der Waals surface area contributed by atoms with Crippen LogP contribution in [0, 0.1) is 28.6 Å². The van der Waals surface area contributed by atoms with Crippen molar-refractivity contribution in [1.29, 1.82) is 0 Å². The van der Waals surface area contributed by atoms with Gasteiger partial charge in [0.15, 0.2) is 0 Å². The van der Waals surface area contributed by atoms with Crippen LogP contribution in [0.15, 0.2) is 24.3 Å². The Hall–Kier alpha value is -2.17. The van der Waals surface area contributed by atoms with Gasteiger partial charge in [-0.25, -0.2) is 0 Å². The third kappa shape index (κ3) is 2.99. The number of benzene rings is 1. The molecule has 0 bridgehead atoms. The molecule has 4 fully saturated rings. The van der Waals surface area contributed by atoms with Gasteiger partial charge in [-0.3, -0.25) is 14.4 Å². The Morgan fingerprint density at radius 1 is 1.03 bits per heavy atom. The third-order valence-corrected chi connectivity index (χ3v) is 9.30. The predicted octanol–water partition coefficient (Wildman–Crippen LogP) is 4.18. The zero-order valence-electron chi connectivity index (χ0n) is 18.9. The molecule has 3 aliphatic carbocycles. The Balaban J connectivity index is 1.44. The summed E-state index contributed by atoms with van der Waals surface area (Å²) in [5.74, 6) is 2.15. The maximum atomic E-state index is 13.5. The van der Waals surface area contributed by atoms with E-state index in [4.69, 9.17) is 4.74 Å². The van der Waals surface area contributed by atoms with Gasteiger partial charge in [-0.15, -0.1) is 0 Å². The first-order valence-electron chi connectivity index (χ1n) is 11.8. The van der Waals surface area contributed by atoms with Crippen LogP contribution in [0.5, 0.6) is 5.75 Å². The van der Waals surface area contributed by atoms with Gasteiger partial charge in [0.05, 0.1) is 7.11 Å². The van der Waals surface area contributed by atoms with E-state index in [1.165, 1.54) is 0 Å². The molecule has 1 aromatic carbocycles. The number of methoxy groups -OCH3 is 1. The molecule has 4 unspecified atom stereocenters. The molecule has 6 atom stereocenters. The molecule has 5 rings (SSSR count). The molecule has 5 heteroatoms. The molecule has 1 amide bonds. The number of amides is 1. The lowest BCUT2D eigenvalue weighted by molar-refractivity contribution is -0.171. The number of nitrogens with zero attached hydrogens (tertiary/aromatic N) is 1. The number of ether oxygens (including phenoxy) is 1. The Morgan fingerprint density at radius 3 is 2.48 bits per heavy atom. The largest absolute Gasteiger partial charge is 0.497 e. The Morgan fingerprint density at radius 2 is 1.77 bits per heavy atom. The fourth-order valence-corrected chi connectivity index (χ4v) is 7.72. The van der Waals surface area contributed by atoms with Crippen molar-refractivity contribution in [1.82, 2.24) is 4.90 Å². The molecule has 1 heterocycles. The summed E-state index contributed by atoms with van der Waals surface area (Å²) in [4.78, 5) is 41.2. The first kappa shape index (κ1) is 20.7. The molecule has 1 aromatic rings. The third-order valence-electron chi connectivity index (χ3n) is 9.30. The summed E-state index contributed by atoms with van der Waals surface area (Å²) < 4.78 is 5.26. The highest BCUT2D eigenvalue weighted by Gasteiger charge is 2.64. The van der Waals surface area contributed by atoms with Crippen LogP contribution in [0.1, 0.15) is 64.4 Å². The smallest absolute Gasteiger partial charge is 0.223 e. The van der Waals surface area contributed by atoms with Gasteiger partial charge in [0.2, 0.25) is 5.91 Å².